The standard InChI is InChI=1S/C19H36N4O2/c1-7-20-17(22-16-12-19(5,25-6)18(16,3)4)21-13-15-8-10-23(11-9-15)14(2)24/h15-16H,7-13H2,1-6H3,(H2,20,21,22). The van der Waals surface area contributed by atoms with Crippen LogP contribution in [0.3, 0.4) is 0 Å². The molecule has 0 radical (unpaired) electrons. The van der Waals surface area contributed by atoms with Crippen LogP contribution in [0.1, 0.15) is 53.9 Å². The number of aliphatic imine (C=N–C) groups is 1. The third-order valence-electron chi connectivity index (χ3n) is 6.50. The molecule has 2 rings (SSSR count). The van der Waals surface area contributed by atoms with E-state index in [9.17, 15) is 4.79 Å². The average molecular weight is 353 g/mol. The van der Waals surface area contributed by atoms with Crippen molar-refractivity contribution in [1.29, 1.82) is 0 Å². The maximum atomic E-state index is 11.4. The third-order valence-corrected chi connectivity index (χ3v) is 6.50. The first kappa shape index (κ1) is 20.0. The normalized spacial score (nSPS) is 29.9. The van der Waals surface area contributed by atoms with E-state index in [1.54, 1.807) is 14.0 Å². The smallest absolute Gasteiger partial charge is 0.219 e. The molecule has 1 aliphatic heterocycles. The van der Waals surface area contributed by atoms with Crippen LogP contribution in [0.5, 0.6) is 0 Å². The first-order chi connectivity index (χ1) is 11.7. The minimum Gasteiger partial charge on any atom is -0.378 e. The fourth-order valence-electron chi connectivity index (χ4n) is 3.86. The van der Waals surface area contributed by atoms with Crippen LogP contribution in [0, 0.1) is 11.3 Å². The topological polar surface area (TPSA) is 66.0 Å². The predicted molar refractivity (Wildman–Crippen MR) is 102 cm³/mol. The molecule has 0 aromatic heterocycles. The predicted octanol–water partition coefficient (Wildman–Crippen LogP) is 2.00. The molecule has 1 amide bonds. The molecule has 6 heteroatoms. The van der Waals surface area contributed by atoms with Gasteiger partial charge in [0, 0.05) is 51.7 Å². The van der Waals surface area contributed by atoms with Gasteiger partial charge < -0.3 is 20.3 Å². The van der Waals surface area contributed by atoms with Crippen LogP contribution < -0.4 is 10.6 Å². The van der Waals surface area contributed by atoms with Crippen LogP contribution in [0.2, 0.25) is 0 Å². The number of nitrogens with one attached hydrogen (secondary N) is 2. The summed E-state index contributed by atoms with van der Waals surface area (Å²) in [5.41, 5.74) is -0.0215. The highest BCUT2D eigenvalue weighted by Crippen LogP contribution is 2.51. The molecule has 2 N–H and O–H groups in total. The number of nitrogens with zero attached hydrogens (tertiary/aromatic N) is 2. The highest BCUT2D eigenvalue weighted by Gasteiger charge is 2.58. The van der Waals surface area contributed by atoms with Crippen molar-refractivity contribution in [2.24, 2.45) is 16.3 Å². The maximum absolute atomic E-state index is 11.4. The summed E-state index contributed by atoms with van der Waals surface area (Å²) in [5.74, 6) is 1.64. The molecule has 1 aliphatic carbocycles. The monoisotopic (exact) mass is 352 g/mol. The van der Waals surface area contributed by atoms with Gasteiger partial charge in [0.25, 0.3) is 0 Å². The molecule has 0 spiro atoms. The van der Waals surface area contributed by atoms with Gasteiger partial charge in [0.15, 0.2) is 5.96 Å². The summed E-state index contributed by atoms with van der Waals surface area (Å²) in [6.07, 6.45) is 3.07. The minimum atomic E-state index is -0.0818. The maximum Gasteiger partial charge on any atom is 0.219 e. The fraction of sp³-hybridized carbons (Fsp3) is 0.895. The summed E-state index contributed by atoms with van der Waals surface area (Å²) in [7, 11) is 1.80. The van der Waals surface area contributed by atoms with Crippen LogP contribution in [0.4, 0.5) is 0 Å². The number of carbonyl (C=O) groups is 1. The second-order valence-corrected chi connectivity index (χ2v) is 8.23. The Labute approximate surface area is 152 Å². The van der Waals surface area contributed by atoms with E-state index in [2.05, 4.69) is 38.3 Å². The number of ether oxygens (including phenoxy) is 1. The number of guanidine groups is 1. The molecule has 0 bridgehead atoms. The molecular weight excluding hydrogens is 316 g/mol. The summed E-state index contributed by atoms with van der Waals surface area (Å²) >= 11 is 0. The van der Waals surface area contributed by atoms with E-state index in [1.165, 1.54) is 0 Å². The molecule has 0 aromatic carbocycles. The summed E-state index contributed by atoms with van der Waals surface area (Å²) < 4.78 is 5.71. The first-order valence-corrected chi connectivity index (χ1v) is 9.59. The Hall–Kier alpha value is -1.30. The third kappa shape index (κ3) is 4.27. The van der Waals surface area contributed by atoms with Gasteiger partial charge in [0.1, 0.15) is 0 Å². The minimum absolute atomic E-state index is 0.0603. The van der Waals surface area contributed by atoms with Gasteiger partial charge in [-0.15, -0.1) is 0 Å². The molecule has 1 heterocycles. The van der Waals surface area contributed by atoms with Crippen LogP contribution in [-0.2, 0) is 9.53 Å². The van der Waals surface area contributed by atoms with Crippen molar-refractivity contribution in [3.8, 4) is 0 Å². The molecule has 144 valence electrons. The van der Waals surface area contributed by atoms with Crippen molar-refractivity contribution in [3.63, 3.8) is 0 Å². The van der Waals surface area contributed by atoms with Gasteiger partial charge in [-0.1, -0.05) is 13.8 Å². The highest BCUT2D eigenvalue weighted by molar-refractivity contribution is 5.80. The Morgan fingerprint density at radius 2 is 1.92 bits per heavy atom. The molecule has 2 fully saturated rings. The molecule has 2 unspecified atom stereocenters. The average Bonchev–Trinajstić information content (AvgIpc) is 2.59. The van der Waals surface area contributed by atoms with E-state index in [0.29, 0.717) is 12.0 Å². The number of likely N-dealkylation sites (tertiary alicyclic amines) is 1. The Morgan fingerprint density at radius 1 is 1.28 bits per heavy atom. The van der Waals surface area contributed by atoms with Crippen LogP contribution in [-0.4, -0.2) is 61.7 Å². The van der Waals surface area contributed by atoms with Crippen molar-refractivity contribution in [1.82, 2.24) is 15.5 Å². The zero-order chi connectivity index (χ0) is 18.7. The van der Waals surface area contributed by atoms with Crippen LogP contribution >= 0.6 is 0 Å². The molecule has 0 aromatic rings. The summed E-state index contributed by atoms with van der Waals surface area (Å²) in [6.45, 7) is 13.8. The van der Waals surface area contributed by atoms with Crippen molar-refractivity contribution < 1.29 is 9.53 Å². The van der Waals surface area contributed by atoms with Crippen molar-refractivity contribution in [3.05, 3.63) is 0 Å². The van der Waals surface area contributed by atoms with Gasteiger partial charge in [0.05, 0.1) is 5.60 Å². The Balaban J connectivity index is 1.89. The lowest BCUT2D eigenvalue weighted by Crippen LogP contribution is -2.69. The van der Waals surface area contributed by atoms with E-state index in [1.807, 2.05) is 4.90 Å². The highest BCUT2D eigenvalue weighted by atomic mass is 16.5. The van der Waals surface area contributed by atoms with E-state index < -0.39 is 0 Å². The van der Waals surface area contributed by atoms with Gasteiger partial charge in [-0.3, -0.25) is 9.79 Å². The summed E-state index contributed by atoms with van der Waals surface area (Å²) in [4.78, 5) is 18.2. The van der Waals surface area contributed by atoms with Gasteiger partial charge >= 0.3 is 0 Å². The van der Waals surface area contributed by atoms with Crippen molar-refractivity contribution in [2.75, 3.05) is 33.3 Å². The van der Waals surface area contributed by atoms with Gasteiger partial charge in [0.2, 0.25) is 5.91 Å². The van der Waals surface area contributed by atoms with Crippen LogP contribution in [0.25, 0.3) is 0 Å². The number of hydrogen-bond donors (Lipinski definition) is 2. The molecule has 1 saturated carbocycles. The number of rotatable bonds is 5. The van der Waals surface area contributed by atoms with Crippen molar-refractivity contribution >= 4 is 11.9 Å². The number of piperidine rings is 1. The first-order valence-electron chi connectivity index (χ1n) is 9.59. The lowest BCUT2D eigenvalue weighted by molar-refractivity contribution is -0.176. The van der Waals surface area contributed by atoms with E-state index >= 15 is 0 Å². The molecule has 2 atom stereocenters. The van der Waals surface area contributed by atoms with Gasteiger partial charge in [-0.2, -0.15) is 0 Å². The van der Waals surface area contributed by atoms with Crippen LogP contribution in [0.15, 0.2) is 4.99 Å². The van der Waals surface area contributed by atoms with E-state index in [-0.39, 0.29) is 16.9 Å². The Bertz CT molecular complexity index is 498. The molecule has 6 nitrogen and oxygen atoms in total. The molecule has 1 saturated heterocycles. The van der Waals surface area contributed by atoms with Gasteiger partial charge in [-0.05, 0) is 39.0 Å². The van der Waals surface area contributed by atoms with Crippen molar-refractivity contribution in [2.45, 2.75) is 65.5 Å². The zero-order valence-electron chi connectivity index (χ0n) is 16.8. The second-order valence-electron chi connectivity index (χ2n) is 8.23. The molecule has 2 aliphatic rings. The number of methoxy groups -OCH3 is 1. The van der Waals surface area contributed by atoms with E-state index in [4.69, 9.17) is 9.73 Å². The SMILES string of the molecule is CCNC(=NCC1CCN(C(C)=O)CC1)NC1CC(C)(OC)C1(C)C. The fourth-order valence-corrected chi connectivity index (χ4v) is 3.86. The zero-order valence-corrected chi connectivity index (χ0v) is 16.8. The quantitative estimate of drug-likeness (QED) is 0.587. The summed E-state index contributed by atoms with van der Waals surface area (Å²) in [5, 5.41) is 6.96. The van der Waals surface area contributed by atoms with E-state index in [0.717, 1.165) is 51.4 Å². The molecular formula is C19H36N4O2. The second kappa shape index (κ2) is 7.94. The lowest BCUT2D eigenvalue weighted by Gasteiger charge is -2.59. The largest absolute Gasteiger partial charge is 0.378 e. The molecule has 25 heavy (non-hydrogen) atoms. The Kier molecular flexibility index (Phi) is 6.35. The number of hydrogen-bond acceptors (Lipinski definition) is 3. The number of carbonyl (C=O) groups excluding carboxylic acids is 1. The lowest BCUT2D eigenvalue weighted by atomic mass is 9.56. The summed E-state index contributed by atoms with van der Waals surface area (Å²) in [6, 6.07) is 0.356. The van der Waals surface area contributed by atoms with Gasteiger partial charge in [-0.25, -0.2) is 0 Å². The Morgan fingerprint density at radius 3 is 2.40 bits per heavy atom. The number of amides is 1.